The first-order valence-electron chi connectivity index (χ1n) is 5.71. The Kier molecular flexibility index (Phi) is 6.01. The van der Waals surface area contributed by atoms with E-state index in [9.17, 15) is 22.4 Å². The fraction of sp³-hybridized carbons (Fsp3) is 0.308. The zero-order valence-corrected chi connectivity index (χ0v) is 10.7. The maximum atomic E-state index is 12.6. The lowest BCUT2D eigenvalue weighted by Gasteiger charge is -2.16. The summed E-state index contributed by atoms with van der Waals surface area (Å²) in [5.74, 6) is -1.21. The topological polar surface area (TPSA) is 44.8 Å². The summed E-state index contributed by atoms with van der Waals surface area (Å²) in [6.45, 7) is 3.40. The normalized spacial score (nSPS) is 11.1. The number of hydrogen-bond acceptors (Lipinski definition) is 4. The third-order valence-corrected chi connectivity index (χ3v) is 2.15. The summed E-state index contributed by atoms with van der Waals surface area (Å²) in [4.78, 5) is 11.5. The van der Waals surface area contributed by atoms with Crippen molar-refractivity contribution in [2.45, 2.75) is 12.5 Å². The van der Waals surface area contributed by atoms with Crippen LogP contribution in [-0.4, -0.2) is 31.7 Å². The lowest BCUT2D eigenvalue weighted by atomic mass is 10.2. The van der Waals surface area contributed by atoms with E-state index in [4.69, 9.17) is 9.47 Å². The van der Waals surface area contributed by atoms with Crippen molar-refractivity contribution in [1.82, 2.24) is 0 Å². The standard InChI is InChI=1S/C13H12F4O4/c1-2-19-7-8-20-11(18)9-3-5-10(6-4-9)21-13(16,17)12(14)15/h2-6,12H,1,7-8H2. The summed E-state index contributed by atoms with van der Waals surface area (Å²) in [5, 5.41) is 0. The third-order valence-electron chi connectivity index (χ3n) is 2.15. The summed E-state index contributed by atoms with van der Waals surface area (Å²) >= 11 is 0. The number of ether oxygens (including phenoxy) is 3. The molecular formula is C13H12F4O4. The van der Waals surface area contributed by atoms with Crippen LogP contribution in [0.2, 0.25) is 0 Å². The van der Waals surface area contributed by atoms with Crippen molar-refractivity contribution in [3.8, 4) is 5.75 Å². The van der Waals surface area contributed by atoms with Gasteiger partial charge in [-0.2, -0.15) is 17.6 Å². The number of carbonyl (C=O) groups is 1. The van der Waals surface area contributed by atoms with Crippen molar-refractivity contribution < 1.29 is 36.6 Å². The smallest absolute Gasteiger partial charge is 0.461 e. The zero-order valence-electron chi connectivity index (χ0n) is 10.7. The fourth-order valence-electron chi connectivity index (χ4n) is 1.21. The van der Waals surface area contributed by atoms with E-state index in [0.29, 0.717) is 0 Å². The van der Waals surface area contributed by atoms with Crippen LogP contribution in [0.25, 0.3) is 0 Å². The SMILES string of the molecule is C=COCCOC(=O)c1ccc(OC(F)(F)C(F)F)cc1. The summed E-state index contributed by atoms with van der Waals surface area (Å²) in [6.07, 6.45) is -7.36. The van der Waals surface area contributed by atoms with Crippen molar-refractivity contribution in [1.29, 1.82) is 0 Å². The molecule has 0 aliphatic heterocycles. The average Bonchev–Trinajstić information content (AvgIpc) is 2.43. The second-order valence-corrected chi connectivity index (χ2v) is 3.66. The predicted molar refractivity (Wildman–Crippen MR) is 64.5 cm³/mol. The Morgan fingerprint density at radius 1 is 1.24 bits per heavy atom. The fourth-order valence-corrected chi connectivity index (χ4v) is 1.21. The largest absolute Gasteiger partial charge is 0.498 e. The van der Waals surface area contributed by atoms with Gasteiger partial charge in [-0.15, -0.1) is 0 Å². The van der Waals surface area contributed by atoms with Crippen LogP contribution in [0, 0.1) is 0 Å². The van der Waals surface area contributed by atoms with Gasteiger partial charge in [0.1, 0.15) is 19.0 Å². The highest BCUT2D eigenvalue weighted by atomic mass is 19.3. The number of rotatable bonds is 8. The van der Waals surface area contributed by atoms with Gasteiger partial charge in [-0.25, -0.2) is 4.79 Å². The molecule has 0 radical (unpaired) electrons. The van der Waals surface area contributed by atoms with E-state index in [1.807, 2.05) is 0 Å². The average molecular weight is 308 g/mol. The van der Waals surface area contributed by atoms with Crippen LogP contribution in [0.3, 0.4) is 0 Å². The van der Waals surface area contributed by atoms with Gasteiger partial charge in [-0.3, -0.25) is 0 Å². The molecule has 0 aliphatic carbocycles. The van der Waals surface area contributed by atoms with Crippen molar-refractivity contribution >= 4 is 5.97 Å². The van der Waals surface area contributed by atoms with E-state index in [1.54, 1.807) is 0 Å². The van der Waals surface area contributed by atoms with Gasteiger partial charge in [-0.1, -0.05) is 6.58 Å². The van der Waals surface area contributed by atoms with Gasteiger partial charge in [0.05, 0.1) is 11.8 Å². The van der Waals surface area contributed by atoms with Gasteiger partial charge in [-0.05, 0) is 24.3 Å². The molecule has 21 heavy (non-hydrogen) atoms. The van der Waals surface area contributed by atoms with E-state index >= 15 is 0 Å². The van der Waals surface area contributed by atoms with Gasteiger partial charge in [0.15, 0.2) is 0 Å². The molecule has 4 nitrogen and oxygen atoms in total. The van der Waals surface area contributed by atoms with Crippen LogP contribution >= 0.6 is 0 Å². The lowest BCUT2D eigenvalue weighted by Crippen LogP contribution is -2.33. The van der Waals surface area contributed by atoms with Crippen molar-refractivity contribution in [2.75, 3.05) is 13.2 Å². The molecule has 0 aliphatic rings. The number of esters is 1. The second kappa shape index (κ2) is 7.51. The summed E-state index contributed by atoms with van der Waals surface area (Å²) in [7, 11) is 0. The van der Waals surface area contributed by atoms with Crippen LogP contribution in [-0.2, 0) is 9.47 Å². The first kappa shape index (κ1) is 16.8. The number of alkyl halides is 4. The minimum atomic E-state index is -4.59. The number of hydrogen-bond donors (Lipinski definition) is 0. The molecule has 1 aromatic carbocycles. The third kappa shape index (κ3) is 5.33. The molecule has 0 saturated heterocycles. The molecule has 0 fully saturated rings. The van der Waals surface area contributed by atoms with Crippen LogP contribution in [0.5, 0.6) is 5.75 Å². The molecular weight excluding hydrogens is 296 g/mol. The number of benzene rings is 1. The quantitative estimate of drug-likeness (QED) is 0.320. The first-order chi connectivity index (χ1) is 9.86. The van der Waals surface area contributed by atoms with Crippen LogP contribution in [0.4, 0.5) is 17.6 Å². The Bertz CT molecular complexity index is 474. The number of carbonyl (C=O) groups excluding carboxylic acids is 1. The predicted octanol–water partition coefficient (Wildman–Crippen LogP) is 3.24. The number of halogens is 4. The molecule has 0 aromatic heterocycles. The van der Waals surface area contributed by atoms with Crippen molar-refractivity contribution in [3.63, 3.8) is 0 Å². The summed E-state index contributed by atoms with van der Waals surface area (Å²) in [5.41, 5.74) is 0.0568. The maximum absolute atomic E-state index is 12.6. The molecule has 0 N–H and O–H groups in total. The van der Waals surface area contributed by atoms with E-state index in [1.165, 1.54) is 6.26 Å². The van der Waals surface area contributed by atoms with Crippen molar-refractivity contribution in [3.05, 3.63) is 42.7 Å². The molecule has 0 saturated carbocycles. The van der Waals surface area contributed by atoms with Gasteiger partial charge >= 0.3 is 18.5 Å². The van der Waals surface area contributed by atoms with E-state index in [2.05, 4.69) is 11.3 Å². The minimum absolute atomic E-state index is 0.0213. The van der Waals surface area contributed by atoms with Crippen LogP contribution in [0.15, 0.2) is 37.1 Å². The Morgan fingerprint density at radius 3 is 2.38 bits per heavy atom. The Balaban J connectivity index is 2.57. The molecule has 1 aromatic rings. The van der Waals surface area contributed by atoms with E-state index < -0.39 is 24.3 Å². The highest BCUT2D eigenvalue weighted by Gasteiger charge is 2.43. The van der Waals surface area contributed by atoms with Crippen LogP contribution < -0.4 is 4.74 Å². The molecule has 0 amide bonds. The zero-order chi connectivity index (χ0) is 15.9. The highest BCUT2D eigenvalue weighted by molar-refractivity contribution is 5.89. The van der Waals surface area contributed by atoms with E-state index in [0.717, 1.165) is 24.3 Å². The second-order valence-electron chi connectivity index (χ2n) is 3.66. The van der Waals surface area contributed by atoms with Gasteiger partial charge < -0.3 is 14.2 Å². The minimum Gasteiger partial charge on any atom is -0.498 e. The Morgan fingerprint density at radius 2 is 1.86 bits per heavy atom. The van der Waals surface area contributed by atoms with Gasteiger partial charge in [0, 0.05) is 0 Å². The van der Waals surface area contributed by atoms with Crippen molar-refractivity contribution in [2.24, 2.45) is 0 Å². The monoisotopic (exact) mass is 308 g/mol. The molecule has 0 spiro atoms. The maximum Gasteiger partial charge on any atom is 0.461 e. The molecule has 0 bridgehead atoms. The lowest BCUT2D eigenvalue weighted by molar-refractivity contribution is -0.253. The van der Waals surface area contributed by atoms with Gasteiger partial charge in [0.2, 0.25) is 0 Å². The molecule has 0 atom stereocenters. The Labute approximate surface area is 117 Å². The highest BCUT2D eigenvalue weighted by Crippen LogP contribution is 2.27. The molecule has 0 heterocycles. The molecule has 1 rings (SSSR count). The molecule has 0 unspecified atom stereocenters. The summed E-state index contributed by atoms with van der Waals surface area (Å²) < 4.78 is 62.5. The summed E-state index contributed by atoms with van der Waals surface area (Å²) in [6, 6.07) is 4.17. The molecule has 116 valence electrons. The Hall–Kier alpha value is -2.25. The van der Waals surface area contributed by atoms with Gasteiger partial charge in [0.25, 0.3) is 0 Å². The van der Waals surface area contributed by atoms with E-state index in [-0.39, 0.29) is 18.8 Å². The van der Waals surface area contributed by atoms with Crippen LogP contribution in [0.1, 0.15) is 10.4 Å². The first-order valence-corrected chi connectivity index (χ1v) is 5.71. The molecule has 8 heteroatoms.